The summed E-state index contributed by atoms with van der Waals surface area (Å²) in [4.78, 5) is 12.2. The Bertz CT molecular complexity index is 726. The number of rotatable bonds is 4. The van der Waals surface area contributed by atoms with Crippen LogP contribution in [0.3, 0.4) is 0 Å². The second-order valence-electron chi connectivity index (χ2n) is 6.05. The van der Waals surface area contributed by atoms with E-state index in [-0.39, 0.29) is 18.0 Å². The van der Waals surface area contributed by atoms with Gasteiger partial charge < -0.3 is 19.3 Å². The molecule has 7 heteroatoms. The van der Waals surface area contributed by atoms with Crippen LogP contribution in [-0.2, 0) is 0 Å². The van der Waals surface area contributed by atoms with Gasteiger partial charge in [-0.3, -0.25) is 5.32 Å². The molecular formula is C17H21N3O4. The molecule has 2 heterocycles. The van der Waals surface area contributed by atoms with Gasteiger partial charge in [0.05, 0.1) is 6.04 Å². The maximum atomic E-state index is 12.2. The van der Waals surface area contributed by atoms with E-state index in [0.717, 1.165) is 11.3 Å². The Morgan fingerprint density at radius 3 is 2.58 bits per heavy atom. The van der Waals surface area contributed by atoms with Gasteiger partial charge in [0.1, 0.15) is 19.0 Å². The molecule has 0 saturated carbocycles. The molecule has 0 bridgehead atoms. The minimum atomic E-state index is -0.336. The molecule has 0 radical (unpaired) electrons. The molecule has 1 aliphatic rings. The molecule has 2 aromatic rings. The van der Waals surface area contributed by atoms with Crippen LogP contribution in [0.15, 0.2) is 28.8 Å². The summed E-state index contributed by atoms with van der Waals surface area (Å²) in [5.41, 5.74) is 0.959. The normalized spacial score (nSPS) is 14.3. The van der Waals surface area contributed by atoms with Crippen molar-refractivity contribution in [3.05, 3.63) is 35.6 Å². The van der Waals surface area contributed by atoms with Crippen LogP contribution in [0.5, 0.6) is 11.5 Å². The number of aromatic nitrogens is 1. The minimum absolute atomic E-state index is 0.172. The molecule has 7 nitrogen and oxygen atoms in total. The predicted octanol–water partition coefficient (Wildman–Crippen LogP) is 3.27. The summed E-state index contributed by atoms with van der Waals surface area (Å²) >= 11 is 0. The molecule has 1 atom stereocenters. The van der Waals surface area contributed by atoms with E-state index in [1.165, 1.54) is 0 Å². The van der Waals surface area contributed by atoms with Crippen molar-refractivity contribution in [1.82, 2.24) is 10.5 Å². The molecule has 0 spiro atoms. The second-order valence-corrected chi connectivity index (χ2v) is 6.05. The number of benzene rings is 1. The number of nitrogens with zero attached hydrogens (tertiary/aromatic N) is 1. The number of urea groups is 1. The van der Waals surface area contributed by atoms with E-state index in [0.29, 0.717) is 30.5 Å². The smallest absolute Gasteiger partial charge is 0.320 e. The lowest BCUT2D eigenvalue weighted by molar-refractivity contribution is 0.171. The molecule has 2 amide bonds. The van der Waals surface area contributed by atoms with Crippen molar-refractivity contribution in [3.8, 4) is 11.5 Å². The number of carbonyl (C=O) groups excluding carboxylic acids is 1. The van der Waals surface area contributed by atoms with Crippen LogP contribution in [0.1, 0.15) is 31.2 Å². The fraction of sp³-hybridized carbons (Fsp3) is 0.412. The van der Waals surface area contributed by atoms with Crippen molar-refractivity contribution in [2.45, 2.75) is 26.8 Å². The number of amides is 2. The van der Waals surface area contributed by atoms with E-state index in [4.69, 9.17) is 14.0 Å². The molecule has 0 aliphatic carbocycles. The highest BCUT2D eigenvalue weighted by atomic mass is 16.6. The third-order valence-corrected chi connectivity index (χ3v) is 3.75. The molecule has 24 heavy (non-hydrogen) atoms. The molecule has 2 N–H and O–H groups in total. The average Bonchev–Trinajstić information content (AvgIpc) is 2.96. The third kappa shape index (κ3) is 3.61. The van der Waals surface area contributed by atoms with Crippen LogP contribution >= 0.6 is 0 Å². The number of anilines is 1. The van der Waals surface area contributed by atoms with Gasteiger partial charge in [-0.15, -0.1) is 0 Å². The van der Waals surface area contributed by atoms with Crippen LogP contribution in [0, 0.1) is 12.8 Å². The van der Waals surface area contributed by atoms with E-state index in [1.54, 1.807) is 13.0 Å². The lowest BCUT2D eigenvalue weighted by Gasteiger charge is -2.25. The topological polar surface area (TPSA) is 85.6 Å². The Kier molecular flexibility index (Phi) is 4.59. The molecule has 0 saturated heterocycles. The van der Waals surface area contributed by atoms with Gasteiger partial charge in [0.15, 0.2) is 17.3 Å². The maximum Gasteiger partial charge on any atom is 0.320 e. The number of carbonyl (C=O) groups is 1. The molecule has 1 unspecified atom stereocenters. The molecule has 1 aliphatic heterocycles. The quantitative estimate of drug-likeness (QED) is 0.898. The number of hydrogen-bond donors (Lipinski definition) is 2. The van der Waals surface area contributed by atoms with Gasteiger partial charge in [-0.1, -0.05) is 25.1 Å². The number of aryl methyl sites for hydroxylation is 1. The van der Waals surface area contributed by atoms with Gasteiger partial charge >= 0.3 is 6.03 Å². The first kappa shape index (κ1) is 16.2. The van der Waals surface area contributed by atoms with Gasteiger partial charge in [-0.2, -0.15) is 0 Å². The second kappa shape index (κ2) is 6.82. The summed E-state index contributed by atoms with van der Waals surface area (Å²) in [7, 11) is 0. The summed E-state index contributed by atoms with van der Waals surface area (Å²) < 4.78 is 16.1. The van der Waals surface area contributed by atoms with Crippen molar-refractivity contribution in [1.29, 1.82) is 0 Å². The minimum Gasteiger partial charge on any atom is -0.486 e. The first-order valence-electron chi connectivity index (χ1n) is 7.93. The Balaban J connectivity index is 1.73. The zero-order valence-corrected chi connectivity index (χ0v) is 14.0. The van der Waals surface area contributed by atoms with E-state index < -0.39 is 0 Å². The van der Waals surface area contributed by atoms with Crippen LogP contribution in [0.25, 0.3) is 0 Å². The molecule has 1 aromatic carbocycles. The monoisotopic (exact) mass is 331 g/mol. The van der Waals surface area contributed by atoms with E-state index >= 15 is 0 Å². The van der Waals surface area contributed by atoms with Crippen LogP contribution in [0.2, 0.25) is 0 Å². The van der Waals surface area contributed by atoms with Crippen LogP contribution in [-0.4, -0.2) is 24.4 Å². The highest BCUT2D eigenvalue weighted by Crippen LogP contribution is 2.34. The van der Waals surface area contributed by atoms with Gasteiger partial charge in [0, 0.05) is 6.07 Å². The summed E-state index contributed by atoms with van der Waals surface area (Å²) in [5.74, 6) is 2.65. The zero-order valence-electron chi connectivity index (χ0n) is 14.0. The SMILES string of the molecule is Cc1cc(NC(=O)NC(c2ccc3c(c2)OCCO3)C(C)C)no1. The van der Waals surface area contributed by atoms with E-state index in [9.17, 15) is 4.79 Å². The van der Waals surface area contributed by atoms with Gasteiger partial charge in [0.2, 0.25) is 0 Å². The number of hydrogen-bond acceptors (Lipinski definition) is 5. The maximum absolute atomic E-state index is 12.2. The predicted molar refractivity (Wildman–Crippen MR) is 88.4 cm³/mol. The van der Waals surface area contributed by atoms with E-state index in [1.807, 2.05) is 32.0 Å². The third-order valence-electron chi connectivity index (χ3n) is 3.75. The molecule has 3 rings (SSSR count). The summed E-state index contributed by atoms with van der Waals surface area (Å²) in [6.45, 7) is 6.94. The lowest BCUT2D eigenvalue weighted by Crippen LogP contribution is -2.35. The fourth-order valence-corrected chi connectivity index (χ4v) is 2.61. The average molecular weight is 331 g/mol. The zero-order chi connectivity index (χ0) is 17.1. The Morgan fingerprint density at radius 2 is 1.92 bits per heavy atom. The van der Waals surface area contributed by atoms with Gasteiger partial charge in [0.25, 0.3) is 0 Å². The first-order valence-corrected chi connectivity index (χ1v) is 7.93. The molecule has 0 fully saturated rings. The van der Waals surface area contributed by atoms with Crippen molar-refractivity contribution in [2.24, 2.45) is 5.92 Å². The summed E-state index contributed by atoms with van der Waals surface area (Å²) in [5, 5.41) is 9.39. The van der Waals surface area contributed by atoms with Crippen molar-refractivity contribution >= 4 is 11.8 Å². The molecule has 1 aromatic heterocycles. The molecule has 128 valence electrons. The largest absolute Gasteiger partial charge is 0.486 e. The molecular weight excluding hydrogens is 310 g/mol. The number of ether oxygens (including phenoxy) is 2. The Morgan fingerprint density at radius 1 is 1.17 bits per heavy atom. The highest BCUT2D eigenvalue weighted by molar-refractivity contribution is 5.88. The lowest BCUT2D eigenvalue weighted by atomic mass is 9.95. The summed E-state index contributed by atoms with van der Waals surface area (Å²) in [6.07, 6.45) is 0. The van der Waals surface area contributed by atoms with Gasteiger partial charge in [-0.05, 0) is 30.5 Å². The number of nitrogens with one attached hydrogen (secondary N) is 2. The Labute approximate surface area is 140 Å². The standard InChI is InChI=1S/C17H21N3O4/c1-10(2)16(19-17(21)18-15-8-11(3)24-20-15)12-4-5-13-14(9-12)23-7-6-22-13/h4-5,8-10,16H,6-7H2,1-3H3,(H2,18,19,20,21). The van der Waals surface area contributed by atoms with Gasteiger partial charge in [-0.25, -0.2) is 4.79 Å². The first-order chi connectivity index (χ1) is 11.5. The van der Waals surface area contributed by atoms with Crippen molar-refractivity contribution < 1.29 is 18.8 Å². The Hall–Kier alpha value is -2.70. The van der Waals surface area contributed by atoms with Crippen molar-refractivity contribution in [2.75, 3.05) is 18.5 Å². The fourth-order valence-electron chi connectivity index (χ4n) is 2.61. The summed E-state index contributed by atoms with van der Waals surface area (Å²) in [6, 6.07) is 6.89. The van der Waals surface area contributed by atoms with Crippen molar-refractivity contribution in [3.63, 3.8) is 0 Å². The number of fused-ring (bicyclic) bond motifs is 1. The van der Waals surface area contributed by atoms with E-state index in [2.05, 4.69) is 15.8 Å². The van der Waals surface area contributed by atoms with Crippen LogP contribution in [0.4, 0.5) is 10.6 Å². The highest BCUT2D eigenvalue weighted by Gasteiger charge is 2.21. The van der Waals surface area contributed by atoms with Crippen LogP contribution < -0.4 is 20.1 Å².